The van der Waals surface area contributed by atoms with Crippen LogP contribution in [-0.2, 0) is 18.4 Å². The molecular formula is C20H32NO6P. The van der Waals surface area contributed by atoms with Crippen LogP contribution in [0.25, 0.3) is 0 Å². The van der Waals surface area contributed by atoms with Gasteiger partial charge in [0.2, 0.25) is 5.91 Å². The summed E-state index contributed by atoms with van der Waals surface area (Å²) in [6.07, 6.45) is 0.746. The molecule has 158 valence electrons. The molecule has 0 heterocycles. The van der Waals surface area contributed by atoms with Crippen molar-refractivity contribution in [3.63, 3.8) is 0 Å². The van der Waals surface area contributed by atoms with E-state index in [9.17, 15) is 14.2 Å². The third-order valence-corrected chi connectivity index (χ3v) is 6.30. The summed E-state index contributed by atoms with van der Waals surface area (Å²) in [5, 5.41) is 0. The topological polar surface area (TPSA) is 82.1 Å². The van der Waals surface area contributed by atoms with E-state index in [1.54, 1.807) is 45.0 Å². The third-order valence-electron chi connectivity index (χ3n) is 4.32. The van der Waals surface area contributed by atoms with E-state index in [-0.39, 0.29) is 31.1 Å². The highest BCUT2D eigenvalue weighted by Gasteiger charge is 2.29. The predicted molar refractivity (Wildman–Crippen MR) is 109 cm³/mol. The Morgan fingerprint density at radius 3 is 2.18 bits per heavy atom. The SMILES string of the molecule is CCOP(=O)(CC(=O)c1ccc(OCCCC(=O)N(C)C)c(C)c1C)OCC. The van der Waals surface area contributed by atoms with Crippen LogP contribution >= 0.6 is 7.60 Å². The number of hydrogen-bond acceptors (Lipinski definition) is 6. The Bertz CT molecular complexity index is 722. The van der Waals surface area contributed by atoms with Crippen molar-refractivity contribution in [3.8, 4) is 5.75 Å². The molecule has 0 saturated carbocycles. The minimum absolute atomic E-state index is 0.0606. The van der Waals surface area contributed by atoms with Gasteiger partial charge in [-0.25, -0.2) is 0 Å². The highest BCUT2D eigenvalue weighted by atomic mass is 31.2. The highest BCUT2D eigenvalue weighted by Crippen LogP contribution is 2.48. The summed E-state index contributed by atoms with van der Waals surface area (Å²) in [5.41, 5.74) is 2.09. The van der Waals surface area contributed by atoms with E-state index >= 15 is 0 Å². The number of ether oxygens (including phenoxy) is 1. The number of amides is 1. The summed E-state index contributed by atoms with van der Waals surface area (Å²) in [6.45, 7) is 7.97. The normalized spacial score (nSPS) is 11.4. The van der Waals surface area contributed by atoms with Crippen molar-refractivity contribution in [1.82, 2.24) is 4.90 Å². The van der Waals surface area contributed by atoms with Crippen LogP contribution in [-0.4, -0.2) is 56.7 Å². The molecule has 1 aromatic carbocycles. The number of ketones is 1. The van der Waals surface area contributed by atoms with Gasteiger partial charge in [-0.1, -0.05) is 0 Å². The summed E-state index contributed by atoms with van der Waals surface area (Å²) >= 11 is 0. The van der Waals surface area contributed by atoms with Crippen LogP contribution in [0.2, 0.25) is 0 Å². The molecule has 7 nitrogen and oxygen atoms in total. The van der Waals surface area contributed by atoms with E-state index in [2.05, 4.69) is 0 Å². The van der Waals surface area contributed by atoms with E-state index < -0.39 is 7.60 Å². The molecule has 28 heavy (non-hydrogen) atoms. The van der Waals surface area contributed by atoms with Crippen LogP contribution in [0.1, 0.15) is 48.2 Å². The van der Waals surface area contributed by atoms with E-state index in [1.165, 1.54) is 0 Å². The summed E-state index contributed by atoms with van der Waals surface area (Å²) in [5.74, 6) is 0.448. The summed E-state index contributed by atoms with van der Waals surface area (Å²) in [4.78, 5) is 25.8. The molecule has 0 N–H and O–H groups in total. The molecule has 0 unspecified atom stereocenters. The molecule has 1 amide bonds. The van der Waals surface area contributed by atoms with Crippen molar-refractivity contribution in [1.29, 1.82) is 0 Å². The molecule has 0 aliphatic rings. The van der Waals surface area contributed by atoms with Crippen LogP contribution in [0.15, 0.2) is 12.1 Å². The van der Waals surface area contributed by atoms with Crippen molar-refractivity contribution in [2.45, 2.75) is 40.5 Å². The van der Waals surface area contributed by atoms with Gasteiger partial charge in [-0.15, -0.1) is 0 Å². The van der Waals surface area contributed by atoms with Gasteiger partial charge in [-0.05, 0) is 57.4 Å². The van der Waals surface area contributed by atoms with Crippen LogP contribution in [0.3, 0.4) is 0 Å². The molecule has 0 spiro atoms. The van der Waals surface area contributed by atoms with Crippen molar-refractivity contribution < 1.29 is 27.9 Å². The lowest BCUT2D eigenvalue weighted by Crippen LogP contribution is -2.21. The third kappa shape index (κ3) is 7.04. The number of carbonyl (C=O) groups excluding carboxylic acids is 2. The quantitative estimate of drug-likeness (QED) is 0.293. The first kappa shape index (κ1) is 24.3. The lowest BCUT2D eigenvalue weighted by Gasteiger charge is -2.18. The molecule has 0 atom stereocenters. The van der Waals surface area contributed by atoms with Gasteiger partial charge in [0.1, 0.15) is 11.9 Å². The van der Waals surface area contributed by atoms with Crippen molar-refractivity contribution in [2.24, 2.45) is 0 Å². The molecule has 0 aliphatic heterocycles. The number of rotatable bonds is 12. The maximum Gasteiger partial charge on any atom is 0.338 e. The van der Waals surface area contributed by atoms with Gasteiger partial charge in [0.25, 0.3) is 0 Å². The molecule has 0 fully saturated rings. The van der Waals surface area contributed by atoms with Gasteiger partial charge in [-0.2, -0.15) is 0 Å². The Labute approximate surface area is 167 Å². The van der Waals surface area contributed by atoms with Crippen LogP contribution in [0.4, 0.5) is 0 Å². The van der Waals surface area contributed by atoms with Crippen molar-refractivity contribution in [3.05, 3.63) is 28.8 Å². The second-order valence-electron chi connectivity index (χ2n) is 6.63. The molecule has 0 aliphatic carbocycles. The maximum atomic E-state index is 12.7. The summed E-state index contributed by atoms with van der Waals surface area (Å²) < 4.78 is 28.8. The van der Waals surface area contributed by atoms with Gasteiger partial charge < -0.3 is 18.7 Å². The molecule has 0 aromatic heterocycles. The van der Waals surface area contributed by atoms with Gasteiger partial charge in [-0.3, -0.25) is 14.2 Å². The molecular weight excluding hydrogens is 381 g/mol. The Hall–Kier alpha value is -1.69. The van der Waals surface area contributed by atoms with Crippen molar-refractivity contribution in [2.75, 3.05) is 40.1 Å². The minimum Gasteiger partial charge on any atom is -0.493 e. The van der Waals surface area contributed by atoms with Crippen LogP contribution in [0.5, 0.6) is 5.75 Å². The number of hydrogen-bond donors (Lipinski definition) is 0. The second kappa shape index (κ2) is 11.3. The first-order valence-corrected chi connectivity index (χ1v) is 11.2. The first-order chi connectivity index (χ1) is 13.1. The van der Waals surface area contributed by atoms with Crippen LogP contribution in [0, 0.1) is 13.8 Å². The Kier molecular flexibility index (Phi) is 9.87. The van der Waals surface area contributed by atoms with E-state index in [4.69, 9.17) is 13.8 Å². The van der Waals surface area contributed by atoms with Crippen LogP contribution < -0.4 is 4.74 Å². The lowest BCUT2D eigenvalue weighted by molar-refractivity contribution is -0.128. The number of Topliss-reactive ketones (excluding diaryl/α,β-unsaturated/α-hetero) is 1. The zero-order valence-corrected chi connectivity index (χ0v) is 18.6. The molecule has 8 heteroatoms. The number of carbonyl (C=O) groups is 2. The van der Waals surface area contributed by atoms with Gasteiger partial charge in [0.05, 0.1) is 19.8 Å². The molecule has 0 saturated heterocycles. The number of nitrogens with zero attached hydrogens (tertiary/aromatic N) is 1. The van der Waals surface area contributed by atoms with Gasteiger partial charge in [0.15, 0.2) is 5.78 Å². The summed E-state index contributed by atoms with van der Waals surface area (Å²) in [6, 6.07) is 3.41. The smallest absolute Gasteiger partial charge is 0.338 e. The molecule has 0 bridgehead atoms. The predicted octanol–water partition coefficient (Wildman–Crippen LogP) is 4.00. The number of benzene rings is 1. The van der Waals surface area contributed by atoms with Gasteiger partial charge >= 0.3 is 7.60 Å². The Morgan fingerprint density at radius 2 is 1.64 bits per heavy atom. The lowest BCUT2D eigenvalue weighted by atomic mass is 10.00. The Balaban J connectivity index is 2.81. The summed E-state index contributed by atoms with van der Waals surface area (Å²) in [7, 11) is 0.00535. The first-order valence-electron chi connectivity index (χ1n) is 9.49. The van der Waals surface area contributed by atoms with E-state index in [1.807, 2.05) is 13.8 Å². The standard InChI is InChI=1S/C20H32NO6P/c1-7-26-28(24,27-8-2)14-18(22)17-11-12-19(16(4)15(17)3)25-13-9-10-20(23)21(5)6/h11-12H,7-10,13-14H2,1-6H3. The molecule has 0 radical (unpaired) electrons. The zero-order chi connectivity index (χ0) is 21.3. The largest absolute Gasteiger partial charge is 0.493 e. The molecule has 1 aromatic rings. The van der Waals surface area contributed by atoms with Crippen molar-refractivity contribution >= 4 is 19.3 Å². The van der Waals surface area contributed by atoms with Gasteiger partial charge in [0, 0.05) is 26.1 Å². The Morgan fingerprint density at radius 1 is 1.04 bits per heavy atom. The fourth-order valence-electron chi connectivity index (χ4n) is 2.67. The molecule has 1 rings (SSSR count). The average molecular weight is 413 g/mol. The maximum absolute atomic E-state index is 12.7. The second-order valence-corrected chi connectivity index (χ2v) is 8.68. The highest BCUT2D eigenvalue weighted by molar-refractivity contribution is 7.54. The monoisotopic (exact) mass is 413 g/mol. The minimum atomic E-state index is -3.44. The zero-order valence-electron chi connectivity index (χ0n) is 17.7. The average Bonchev–Trinajstić information content (AvgIpc) is 2.61. The fraction of sp³-hybridized carbons (Fsp3) is 0.600. The fourth-order valence-corrected chi connectivity index (χ4v) is 4.23. The van der Waals surface area contributed by atoms with E-state index in [0.717, 1.165) is 11.1 Å². The van der Waals surface area contributed by atoms with E-state index in [0.29, 0.717) is 30.8 Å².